The molecule has 0 unspecified atom stereocenters. The van der Waals surface area contributed by atoms with Crippen LogP contribution in [-0.4, -0.2) is 11.9 Å². The van der Waals surface area contributed by atoms with E-state index in [1.165, 1.54) is 12.0 Å². The number of carbonyl (C=O) groups is 1. The van der Waals surface area contributed by atoms with Gasteiger partial charge >= 0.3 is 0 Å². The van der Waals surface area contributed by atoms with E-state index in [0.29, 0.717) is 18.3 Å². The van der Waals surface area contributed by atoms with E-state index in [-0.39, 0.29) is 16.9 Å². The number of ether oxygens (including phenoxy) is 1. The van der Waals surface area contributed by atoms with Gasteiger partial charge in [0.25, 0.3) is 0 Å². The van der Waals surface area contributed by atoms with Crippen LogP contribution in [0.4, 0.5) is 0 Å². The molecule has 2 saturated carbocycles. The summed E-state index contributed by atoms with van der Waals surface area (Å²) in [5, 5.41) is 0. The van der Waals surface area contributed by atoms with Crippen molar-refractivity contribution >= 4 is 5.78 Å². The molecular formula is C20H28O2. The molecule has 0 radical (unpaired) electrons. The van der Waals surface area contributed by atoms with Gasteiger partial charge in [0.2, 0.25) is 0 Å². The topological polar surface area (TPSA) is 26.3 Å². The third-order valence-electron chi connectivity index (χ3n) is 6.25. The van der Waals surface area contributed by atoms with E-state index < -0.39 is 0 Å². The van der Waals surface area contributed by atoms with E-state index in [2.05, 4.69) is 45.0 Å². The van der Waals surface area contributed by atoms with Gasteiger partial charge in [-0.3, -0.25) is 4.79 Å². The highest BCUT2D eigenvalue weighted by Crippen LogP contribution is 2.56. The van der Waals surface area contributed by atoms with Crippen molar-refractivity contribution in [2.24, 2.45) is 16.7 Å². The summed E-state index contributed by atoms with van der Waals surface area (Å²) in [7, 11) is 0. The Morgan fingerprint density at radius 3 is 2.59 bits per heavy atom. The number of Topliss-reactive ketones (excluding diaryl/α,β-unsaturated/α-hetero) is 1. The van der Waals surface area contributed by atoms with E-state index in [9.17, 15) is 4.79 Å². The molecule has 22 heavy (non-hydrogen) atoms. The summed E-state index contributed by atoms with van der Waals surface area (Å²) in [6.07, 6.45) is 5.22. The highest BCUT2D eigenvalue weighted by atomic mass is 16.5. The smallest absolute Gasteiger partial charge is 0.139 e. The second-order valence-corrected chi connectivity index (χ2v) is 7.93. The lowest BCUT2D eigenvalue weighted by molar-refractivity contribution is -0.163. The van der Waals surface area contributed by atoms with Gasteiger partial charge in [-0.05, 0) is 42.6 Å². The lowest BCUT2D eigenvalue weighted by atomic mass is 9.50. The predicted molar refractivity (Wildman–Crippen MR) is 88.5 cm³/mol. The summed E-state index contributed by atoms with van der Waals surface area (Å²) in [6, 6.07) is 10.4. The Balaban J connectivity index is 1.73. The fourth-order valence-electron chi connectivity index (χ4n) is 4.87. The normalized spacial score (nSPS) is 34.2. The van der Waals surface area contributed by atoms with Crippen molar-refractivity contribution in [3.05, 3.63) is 35.9 Å². The minimum Gasteiger partial charge on any atom is -0.373 e. The highest BCUT2D eigenvalue weighted by molar-refractivity contribution is 5.85. The molecule has 1 aromatic rings. The predicted octanol–water partition coefficient (Wildman–Crippen LogP) is 4.77. The third kappa shape index (κ3) is 2.62. The zero-order valence-electron chi connectivity index (χ0n) is 14.1. The van der Waals surface area contributed by atoms with Gasteiger partial charge in [-0.1, -0.05) is 51.1 Å². The zero-order chi connectivity index (χ0) is 15.8. The standard InChI is InChI=1S/C20H28O2/c1-19(2)16-10-7-11-17(21)20(16,3)13-12-18(19)22-14-15-8-5-4-6-9-15/h4-6,8-9,16,18H,7,10-14H2,1-3H3/t16-,18+,20-/m0/s1. The number of hydrogen-bond donors (Lipinski definition) is 0. The minimum atomic E-state index is -0.117. The van der Waals surface area contributed by atoms with E-state index in [1.807, 2.05) is 6.07 Å². The van der Waals surface area contributed by atoms with E-state index in [4.69, 9.17) is 4.74 Å². The monoisotopic (exact) mass is 300 g/mol. The number of carbonyl (C=O) groups excluding carboxylic acids is 1. The largest absolute Gasteiger partial charge is 0.373 e. The van der Waals surface area contributed by atoms with Crippen LogP contribution in [-0.2, 0) is 16.1 Å². The fraction of sp³-hybridized carbons (Fsp3) is 0.650. The first-order valence-electron chi connectivity index (χ1n) is 8.63. The van der Waals surface area contributed by atoms with Crippen LogP contribution in [0.2, 0.25) is 0 Å². The van der Waals surface area contributed by atoms with Crippen LogP contribution in [0.1, 0.15) is 58.4 Å². The average Bonchev–Trinajstić information content (AvgIpc) is 2.50. The summed E-state index contributed by atoms with van der Waals surface area (Å²) in [5.41, 5.74) is 1.18. The minimum absolute atomic E-state index is 0.0673. The van der Waals surface area contributed by atoms with Crippen molar-refractivity contribution in [2.45, 2.75) is 65.6 Å². The molecule has 0 aromatic heterocycles. The molecule has 0 spiro atoms. The Bertz CT molecular complexity index is 534. The summed E-state index contributed by atoms with van der Waals surface area (Å²) < 4.78 is 6.30. The first kappa shape index (κ1) is 15.7. The maximum absolute atomic E-state index is 12.5. The molecule has 0 heterocycles. The Hall–Kier alpha value is -1.15. The Kier molecular flexibility index (Phi) is 4.15. The molecule has 0 saturated heterocycles. The molecule has 0 aliphatic heterocycles. The molecule has 1 aromatic carbocycles. The molecule has 2 fully saturated rings. The van der Waals surface area contributed by atoms with Gasteiger partial charge in [-0.15, -0.1) is 0 Å². The fourth-order valence-corrected chi connectivity index (χ4v) is 4.87. The Labute approximate surface area is 134 Å². The van der Waals surface area contributed by atoms with E-state index >= 15 is 0 Å². The lowest BCUT2D eigenvalue weighted by Gasteiger charge is -2.55. The number of hydrogen-bond acceptors (Lipinski definition) is 2. The second kappa shape index (κ2) is 5.81. The molecule has 3 atom stereocenters. The summed E-state index contributed by atoms with van der Waals surface area (Å²) in [4.78, 5) is 12.5. The SMILES string of the molecule is CC1(C)[C@H](OCc2ccccc2)CC[C@]2(C)C(=O)CCC[C@@H]12. The van der Waals surface area contributed by atoms with Gasteiger partial charge in [0, 0.05) is 11.8 Å². The Morgan fingerprint density at radius 2 is 1.86 bits per heavy atom. The molecule has 0 amide bonds. The maximum atomic E-state index is 12.5. The van der Waals surface area contributed by atoms with Crippen LogP contribution < -0.4 is 0 Å². The molecule has 3 rings (SSSR count). The lowest BCUT2D eigenvalue weighted by Crippen LogP contribution is -2.55. The van der Waals surface area contributed by atoms with E-state index in [0.717, 1.165) is 25.7 Å². The molecular weight excluding hydrogens is 272 g/mol. The molecule has 2 aliphatic rings. The summed E-state index contributed by atoms with van der Waals surface area (Å²) in [5.74, 6) is 0.939. The first-order valence-corrected chi connectivity index (χ1v) is 8.63. The van der Waals surface area contributed by atoms with Crippen molar-refractivity contribution in [3.8, 4) is 0 Å². The first-order chi connectivity index (χ1) is 10.4. The summed E-state index contributed by atoms with van der Waals surface area (Å²) in [6.45, 7) is 7.49. The van der Waals surface area contributed by atoms with E-state index in [1.54, 1.807) is 0 Å². The molecule has 2 nitrogen and oxygen atoms in total. The average molecular weight is 300 g/mol. The molecule has 120 valence electrons. The van der Waals surface area contributed by atoms with Crippen LogP contribution in [0, 0.1) is 16.7 Å². The number of fused-ring (bicyclic) bond motifs is 1. The van der Waals surface area contributed by atoms with Gasteiger partial charge < -0.3 is 4.74 Å². The Morgan fingerprint density at radius 1 is 1.14 bits per heavy atom. The third-order valence-corrected chi connectivity index (χ3v) is 6.25. The second-order valence-electron chi connectivity index (χ2n) is 7.93. The molecule has 2 heteroatoms. The summed E-state index contributed by atoms with van der Waals surface area (Å²) >= 11 is 0. The van der Waals surface area contributed by atoms with Crippen molar-refractivity contribution in [3.63, 3.8) is 0 Å². The van der Waals surface area contributed by atoms with Crippen LogP contribution >= 0.6 is 0 Å². The maximum Gasteiger partial charge on any atom is 0.139 e. The number of rotatable bonds is 3. The van der Waals surface area contributed by atoms with Crippen LogP contribution in [0.25, 0.3) is 0 Å². The number of benzene rings is 1. The zero-order valence-corrected chi connectivity index (χ0v) is 14.1. The number of ketones is 1. The van der Waals surface area contributed by atoms with Crippen molar-refractivity contribution in [1.29, 1.82) is 0 Å². The van der Waals surface area contributed by atoms with Crippen LogP contribution in [0.5, 0.6) is 0 Å². The van der Waals surface area contributed by atoms with Crippen molar-refractivity contribution < 1.29 is 9.53 Å². The van der Waals surface area contributed by atoms with Gasteiger partial charge in [0.1, 0.15) is 5.78 Å². The van der Waals surface area contributed by atoms with Crippen LogP contribution in [0.3, 0.4) is 0 Å². The van der Waals surface area contributed by atoms with Gasteiger partial charge in [0.05, 0.1) is 12.7 Å². The quantitative estimate of drug-likeness (QED) is 0.804. The highest BCUT2D eigenvalue weighted by Gasteiger charge is 2.55. The molecule has 0 N–H and O–H groups in total. The van der Waals surface area contributed by atoms with Gasteiger partial charge in [-0.2, -0.15) is 0 Å². The molecule has 0 bridgehead atoms. The molecule has 2 aliphatic carbocycles. The van der Waals surface area contributed by atoms with Crippen molar-refractivity contribution in [2.75, 3.05) is 0 Å². The van der Waals surface area contributed by atoms with Crippen LogP contribution in [0.15, 0.2) is 30.3 Å². The van der Waals surface area contributed by atoms with Gasteiger partial charge in [0.15, 0.2) is 0 Å². The van der Waals surface area contributed by atoms with Gasteiger partial charge in [-0.25, -0.2) is 0 Å². The van der Waals surface area contributed by atoms with Crippen molar-refractivity contribution in [1.82, 2.24) is 0 Å².